The van der Waals surface area contributed by atoms with Gasteiger partial charge in [0.15, 0.2) is 0 Å². The van der Waals surface area contributed by atoms with Gasteiger partial charge in [0.05, 0.1) is 18.2 Å². The van der Waals surface area contributed by atoms with Crippen molar-refractivity contribution in [2.45, 2.75) is 32.2 Å². The molecule has 22 heavy (non-hydrogen) atoms. The zero-order valence-corrected chi connectivity index (χ0v) is 13.1. The monoisotopic (exact) mass is 304 g/mol. The summed E-state index contributed by atoms with van der Waals surface area (Å²) in [6.07, 6.45) is 3.00. The zero-order valence-electron chi connectivity index (χ0n) is 13.1. The van der Waals surface area contributed by atoms with Crippen LogP contribution in [0.4, 0.5) is 0 Å². The lowest BCUT2D eigenvalue weighted by atomic mass is 9.83. The molecule has 0 spiro atoms. The van der Waals surface area contributed by atoms with Crippen molar-refractivity contribution in [1.82, 2.24) is 9.96 Å². The predicted molar refractivity (Wildman–Crippen MR) is 83.1 cm³/mol. The number of para-hydroxylation sites is 1. The van der Waals surface area contributed by atoms with Crippen molar-refractivity contribution in [3.63, 3.8) is 0 Å². The van der Waals surface area contributed by atoms with E-state index in [0.717, 1.165) is 44.0 Å². The van der Waals surface area contributed by atoms with Crippen LogP contribution in [0.5, 0.6) is 5.75 Å². The van der Waals surface area contributed by atoms with Gasteiger partial charge < -0.3 is 9.64 Å². The minimum atomic E-state index is -0.356. The summed E-state index contributed by atoms with van der Waals surface area (Å²) >= 11 is 0. The highest BCUT2D eigenvalue weighted by Gasteiger charge is 2.39. The van der Waals surface area contributed by atoms with Crippen LogP contribution in [0, 0.1) is 5.92 Å². The van der Waals surface area contributed by atoms with Crippen LogP contribution >= 0.6 is 0 Å². The summed E-state index contributed by atoms with van der Waals surface area (Å²) in [5.74, 6) is 0.600. The molecule has 0 saturated carbocycles. The minimum Gasteiger partial charge on any atom is -0.493 e. The molecule has 0 radical (unpaired) electrons. The number of ether oxygens (including phenoxy) is 1. The quantitative estimate of drug-likeness (QED) is 0.670. The van der Waals surface area contributed by atoms with E-state index >= 15 is 0 Å². The van der Waals surface area contributed by atoms with Crippen molar-refractivity contribution in [2.24, 2.45) is 5.92 Å². The fourth-order valence-electron chi connectivity index (χ4n) is 3.47. The summed E-state index contributed by atoms with van der Waals surface area (Å²) in [6, 6.07) is 7.05. The van der Waals surface area contributed by atoms with Crippen LogP contribution in [0.25, 0.3) is 0 Å². The SMILES string of the molecule is CCCOc1ccccc1C(=O)N(O)C1CN2CCC1CC2. The summed E-state index contributed by atoms with van der Waals surface area (Å²) in [6.45, 7) is 5.52. The van der Waals surface area contributed by atoms with Crippen LogP contribution in [0.15, 0.2) is 24.3 Å². The van der Waals surface area contributed by atoms with Gasteiger partial charge in [0.2, 0.25) is 0 Å². The second-order valence-electron chi connectivity index (χ2n) is 6.20. The number of amides is 1. The Morgan fingerprint density at radius 3 is 2.73 bits per heavy atom. The Bertz CT molecular complexity index is 526. The molecule has 5 heteroatoms. The number of benzene rings is 1. The van der Waals surface area contributed by atoms with Gasteiger partial charge in [-0.1, -0.05) is 19.1 Å². The van der Waals surface area contributed by atoms with E-state index in [1.54, 1.807) is 18.2 Å². The molecule has 5 nitrogen and oxygen atoms in total. The van der Waals surface area contributed by atoms with Gasteiger partial charge in [0, 0.05) is 6.54 Å². The highest BCUT2D eigenvalue weighted by Crippen LogP contribution is 2.31. The van der Waals surface area contributed by atoms with Crippen LogP contribution in [0.2, 0.25) is 0 Å². The van der Waals surface area contributed by atoms with Crippen molar-refractivity contribution >= 4 is 5.91 Å². The number of hydroxylamine groups is 2. The van der Waals surface area contributed by atoms with E-state index < -0.39 is 0 Å². The molecule has 1 aromatic rings. The van der Waals surface area contributed by atoms with Gasteiger partial charge >= 0.3 is 0 Å². The molecule has 120 valence electrons. The Kier molecular flexibility index (Phi) is 4.64. The number of hydrogen-bond acceptors (Lipinski definition) is 4. The van der Waals surface area contributed by atoms with Crippen molar-refractivity contribution in [2.75, 3.05) is 26.2 Å². The number of fused-ring (bicyclic) bond motifs is 3. The molecule has 3 heterocycles. The van der Waals surface area contributed by atoms with Gasteiger partial charge in [-0.25, -0.2) is 5.06 Å². The topological polar surface area (TPSA) is 53.0 Å². The number of carbonyl (C=O) groups is 1. The maximum Gasteiger partial charge on any atom is 0.281 e. The average molecular weight is 304 g/mol. The van der Waals surface area contributed by atoms with Crippen LogP contribution in [-0.4, -0.2) is 53.4 Å². The molecule has 0 aromatic heterocycles. The summed E-state index contributed by atoms with van der Waals surface area (Å²) in [5.41, 5.74) is 0.440. The van der Waals surface area contributed by atoms with E-state index in [0.29, 0.717) is 23.8 Å². The Balaban J connectivity index is 1.76. The first-order valence-electron chi connectivity index (χ1n) is 8.17. The summed E-state index contributed by atoms with van der Waals surface area (Å²) in [7, 11) is 0. The summed E-state index contributed by atoms with van der Waals surface area (Å²) in [5, 5.41) is 11.4. The van der Waals surface area contributed by atoms with Crippen LogP contribution in [-0.2, 0) is 0 Å². The second-order valence-corrected chi connectivity index (χ2v) is 6.20. The van der Waals surface area contributed by atoms with Gasteiger partial charge in [-0.2, -0.15) is 0 Å². The van der Waals surface area contributed by atoms with E-state index in [1.807, 2.05) is 13.0 Å². The Morgan fingerprint density at radius 2 is 2.09 bits per heavy atom. The van der Waals surface area contributed by atoms with Gasteiger partial charge in [0.25, 0.3) is 5.91 Å². The molecule has 4 rings (SSSR count). The lowest BCUT2D eigenvalue weighted by Gasteiger charge is -2.46. The van der Waals surface area contributed by atoms with Gasteiger partial charge in [0.1, 0.15) is 5.75 Å². The van der Waals surface area contributed by atoms with E-state index in [4.69, 9.17) is 4.74 Å². The number of hydrogen-bond donors (Lipinski definition) is 1. The minimum absolute atomic E-state index is 0.103. The highest BCUT2D eigenvalue weighted by atomic mass is 16.5. The number of rotatable bonds is 5. The third-order valence-corrected chi connectivity index (χ3v) is 4.72. The third kappa shape index (κ3) is 2.96. The first-order valence-corrected chi connectivity index (χ1v) is 8.17. The smallest absolute Gasteiger partial charge is 0.281 e. The van der Waals surface area contributed by atoms with E-state index in [-0.39, 0.29) is 11.9 Å². The molecule has 3 saturated heterocycles. The molecule has 1 N–H and O–H groups in total. The molecule has 3 aliphatic rings. The molecular weight excluding hydrogens is 280 g/mol. The second kappa shape index (κ2) is 6.67. The molecule has 1 atom stereocenters. The van der Waals surface area contributed by atoms with Gasteiger partial charge in [-0.3, -0.25) is 10.0 Å². The third-order valence-electron chi connectivity index (χ3n) is 4.72. The summed E-state index contributed by atoms with van der Waals surface area (Å²) in [4.78, 5) is 15.0. The van der Waals surface area contributed by atoms with E-state index in [2.05, 4.69) is 4.90 Å². The van der Waals surface area contributed by atoms with Crippen LogP contribution < -0.4 is 4.74 Å². The first kappa shape index (κ1) is 15.3. The van der Waals surface area contributed by atoms with Crippen molar-refractivity contribution < 1.29 is 14.7 Å². The molecule has 1 unspecified atom stereocenters. The van der Waals surface area contributed by atoms with Gasteiger partial charge in [-0.05, 0) is 50.4 Å². The Labute approximate surface area is 131 Å². The Hall–Kier alpha value is -1.59. The number of nitrogens with zero attached hydrogens (tertiary/aromatic N) is 2. The normalized spacial score (nSPS) is 26.7. The molecule has 2 bridgehead atoms. The molecule has 1 amide bonds. The first-order chi connectivity index (χ1) is 10.7. The fraction of sp³-hybridized carbons (Fsp3) is 0.588. The average Bonchev–Trinajstić information content (AvgIpc) is 2.60. The lowest BCUT2D eigenvalue weighted by molar-refractivity contribution is -0.133. The maximum absolute atomic E-state index is 12.7. The predicted octanol–water partition coefficient (Wildman–Crippen LogP) is 2.40. The van der Waals surface area contributed by atoms with Crippen molar-refractivity contribution in [1.29, 1.82) is 0 Å². The van der Waals surface area contributed by atoms with Gasteiger partial charge in [-0.15, -0.1) is 0 Å². The van der Waals surface area contributed by atoms with Crippen molar-refractivity contribution in [3.05, 3.63) is 29.8 Å². The summed E-state index contributed by atoms with van der Waals surface area (Å²) < 4.78 is 5.64. The van der Waals surface area contributed by atoms with Crippen LogP contribution in [0.1, 0.15) is 36.5 Å². The van der Waals surface area contributed by atoms with E-state index in [9.17, 15) is 10.0 Å². The zero-order chi connectivity index (χ0) is 15.5. The van der Waals surface area contributed by atoms with Crippen molar-refractivity contribution in [3.8, 4) is 5.75 Å². The molecule has 3 fully saturated rings. The highest BCUT2D eigenvalue weighted by molar-refractivity contribution is 5.96. The molecule has 1 aromatic carbocycles. The molecule has 0 aliphatic carbocycles. The Morgan fingerprint density at radius 1 is 1.36 bits per heavy atom. The van der Waals surface area contributed by atoms with Crippen LogP contribution in [0.3, 0.4) is 0 Å². The lowest BCUT2D eigenvalue weighted by Crippen LogP contribution is -2.57. The number of piperidine rings is 3. The fourth-order valence-corrected chi connectivity index (χ4v) is 3.47. The standard InChI is InChI=1S/C17H24N2O3/c1-2-11-22-16-6-4-3-5-14(16)17(20)19(21)15-12-18-9-7-13(15)8-10-18/h3-6,13,15,21H,2,7-12H2,1H3. The van der Waals surface area contributed by atoms with E-state index in [1.165, 1.54) is 0 Å². The molecule has 3 aliphatic heterocycles. The number of carbonyl (C=O) groups excluding carboxylic acids is 1. The molecular formula is C17H24N2O3. The maximum atomic E-state index is 12.7. The largest absolute Gasteiger partial charge is 0.493 e.